The molecule has 6 nitrogen and oxygen atoms in total. The van der Waals surface area contributed by atoms with E-state index < -0.39 is 9.84 Å². The van der Waals surface area contributed by atoms with Gasteiger partial charge in [-0.25, -0.2) is 8.42 Å². The van der Waals surface area contributed by atoms with Crippen molar-refractivity contribution in [1.29, 1.82) is 0 Å². The van der Waals surface area contributed by atoms with Gasteiger partial charge in [0.25, 0.3) is 0 Å². The van der Waals surface area contributed by atoms with Gasteiger partial charge in [0.2, 0.25) is 11.8 Å². The average Bonchev–Trinajstić information content (AvgIpc) is 2.87. The molecule has 0 aliphatic carbocycles. The Kier molecular flexibility index (Phi) is 6.41. The molecule has 2 aromatic carbocycles. The number of amides is 2. The third-order valence-corrected chi connectivity index (χ3v) is 7.20. The summed E-state index contributed by atoms with van der Waals surface area (Å²) in [6.45, 7) is 2.05. The number of fused-ring (bicyclic) bond motifs is 1. The highest BCUT2D eigenvalue weighted by Gasteiger charge is 2.20. The minimum atomic E-state index is -3.64. The Bertz CT molecular complexity index is 986. The lowest BCUT2D eigenvalue weighted by molar-refractivity contribution is -0.116. The molecule has 0 atom stereocenters. The number of hydrogen-bond donors (Lipinski definition) is 2. The van der Waals surface area contributed by atoms with Crippen LogP contribution in [0.4, 0.5) is 11.4 Å². The topological polar surface area (TPSA) is 92.3 Å². The number of aryl methyl sites for hydroxylation is 1. The van der Waals surface area contributed by atoms with Crippen LogP contribution in [-0.4, -0.2) is 31.7 Å². The summed E-state index contributed by atoms with van der Waals surface area (Å²) in [5.41, 5.74) is 2.31. The van der Waals surface area contributed by atoms with Gasteiger partial charge in [0.15, 0.2) is 9.84 Å². The van der Waals surface area contributed by atoms with E-state index in [1.54, 1.807) is 18.2 Å². The molecule has 0 saturated heterocycles. The molecule has 1 aliphatic heterocycles. The van der Waals surface area contributed by atoms with Gasteiger partial charge in [-0.05, 0) is 42.3 Å². The maximum atomic E-state index is 12.6. The van der Waals surface area contributed by atoms with Crippen molar-refractivity contribution in [3.05, 3.63) is 48.0 Å². The number of nitrogens with one attached hydrogen (secondary N) is 2. The van der Waals surface area contributed by atoms with Crippen LogP contribution in [0.2, 0.25) is 0 Å². The van der Waals surface area contributed by atoms with Crippen LogP contribution in [0.25, 0.3) is 0 Å². The molecule has 1 aliphatic rings. The summed E-state index contributed by atoms with van der Waals surface area (Å²) < 4.78 is 25.3. The first-order valence-electron chi connectivity index (χ1n) is 9.05. The van der Waals surface area contributed by atoms with Crippen molar-refractivity contribution in [3.63, 3.8) is 0 Å². The number of rotatable bonds is 6. The zero-order valence-corrected chi connectivity index (χ0v) is 17.2. The molecule has 28 heavy (non-hydrogen) atoms. The van der Waals surface area contributed by atoms with Gasteiger partial charge in [0.1, 0.15) is 0 Å². The lowest BCUT2D eigenvalue weighted by Crippen LogP contribution is -2.17. The number of thioether (sulfide) groups is 1. The van der Waals surface area contributed by atoms with Crippen molar-refractivity contribution in [2.45, 2.75) is 36.0 Å². The van der Waals surface area contributed by atoms with Crippen molar-refractivity contribution in [1.82, 2.24) is 0 Å². The van der Waals surface area contributed by atoms with E-state index >= 15 is 0 Å². The van der Waals surface area contributed by atoms with Gasteiger partial charge in [0, 0.05) is 29.2 Å². The first-order chi connectivity index (χ1) is 13.4. The van der Waals surface area contributed by atoms with E-state index in [4.69, 9.17) is 0 Å². The maximum Gasteiger partial charge on any atom is 0.225 e. The molecular formula is C20H22N2O4S2. The molecular weight excluding hydrogens is 396 g/mol. The van der Waals surface area contributed by atoms with Crippen LogP contribution in [0.5, 0.6) is 0 Å². The summed E-state index contributed by atoms with van der Waals surface area (Å²) in [6, 6.07) is 12.2. The van der Waals surface area contributed by atoms with Crippen LogP contribution in [0.3, 0.4) is 0 Å². The summed E-state index contributed by atoms with van der Waals surface area (Å²) in [5, 5.41) is 5.46. The van der Waals surface area contributed by atoms with E-state index in [9.17, 15) is 18.0 Å². The molecule has 2 aromatic rings. The van der Waals surface area contributed by atoms with E-state index in [1.807, 2.05) is 19.1 Å². The maximum absolute atomic E-state index is 12.6. The first kappa shape index (κ1) is 20.4. The lowest BCUT2D eigenvalue weighted by Gasteiger charge is -2.10. The quantitative estimate of drug-likeness (QED) is 0.749. The number of carbonyl (C=O) groups is 2. The van der Waals surface area contributed by atoms with Crippen LogP contribution < -0.4 is 10.6 Å². The SMILES string of the molecule is CCc1ccc(NC(=O)CCS(=O)(=O)c2ccc3c(c2)NC(=O)CCS3)cc1. The van der Waals surface area contributed by atoms with Crippen LogP contribution in [0.1, 0.15) is 25.3 Å². The van der Waals surface area contributed by atoms with Crippen molar-refractivity contribution >= 4 is 44.8 Å². The zero-order valence-electron chi connectivity index (χ0n) is 15.5. The normalized spacial score (nSPS) is 14.0. The van der Waals surface area contributed by atoms with Gasteiger partial charge in [0.05, 0.1) is 16.3 Å². The molecule has 3 rings (SSSR count). The second kappa shape index (κ2) is 8.79. The highest BCUT2D eigenvalue weighted by Crippen LogP contribution is 2.33. The van der Waals surface area contributed by atoms with Gasteiger partial charge in [-0.1, -0.05) is 19.1 Å². The van der Waals surface area contributed by atoms with Gasteiger partial charge < -0.3 is 10.6 Å². The molecule has 0 fully saturated rings. The monoisotopic (exact) mass is 418 g/mol. The Balaban J connectivity index is 1.64. The van der Waals surface area contributed by atoms with Gasteiger partial charge in [-0.3, -0.25) is 9.59 Å². The fourth-order valence-corrected chi connectivity index (χ4v) is 4.98. The predicted octanol–water partition coefficient (Wildman–Crippen LogP) is 3.49. The Morgan fingerprint density at radius 1 is 1.18 bits per heavy atom. The van der Waals surface area contributed by atoms with E-state index in [1.165, 1.54) is 23.9 Å². The Labute approximate surface area is 169 Å². The molecule has 0 bridgehead atoms. The van der Waals surface area contributed by atoms with Crippen LogP contribution >= 0.6 is 11.8 Å². The second-order valence-electron chi connectivity index (χ2n) is 6.47. The summed E-state index contributed by atoms with van der Waals surface area (Å²) in [5.74, 6) is -0.128. The van der Waals surface area contributed by atoms with Crippen molar-refractivity contribution < 1.29 is 18.0 Å². The molecule has 8 heteroatoms. The van der Waals surface area contributed by atoms with Gasteiger partial charge in [-0.2, -0.15) is 0 Å². The summed E-state index contributed by atoms with van der Waals surface area (Å²) >= 11 is 1.51. The number of sulfone groups is 1. The minimum Gasteiger partial charge on any atom is -0.326 e. The fourth-order valence-electron chi connectivity index (χ4n) is 2.78. The molecule has 0 spiro atoms. The number of anilines is 2. The third kappa shape index (κ3) is 5.14. The van der Waals surface area contributed by atoms with E-state index in [-0.39, 0.29) is 28.9 Å². The van der Waals surface area contributed by atoms with Crippen LogP contribution in [0.15, 0.2) is 52.3 Å². The standard InChI is InChI=1S/C20H22N2O4S2/c1-2-14-3-5-15(6-4-14)21-20(24)10-12-28(25,26)16-7-8-18-17(13-16)22-19(23)9-11-27-18/h3-8,13H,2,9-12H2,1H3,(H,21,24)(H,22,23). The first-order valence-corrected chi connectivity index (χ1v) is 11.7. The van der Waals surface area contributed by atoms with Crippen LogP contribution in [-0.2, 0) is 25.8 Å². The summed E-state index contributed by atoms with van der Waals surface area (Å²) in [4.78, 5) is 24.8. The van der Waals surface area contributed by atoms with Crippen molar-refractivity contribution in [2.24, 2.45) is 0 Å². The van der Waals surface area contributed by atoms with Crippen molar-refractivity contribution in [3.8, 4) is 0 Å². The lowest BCUT2D eigenvalue weighted by atomic mass is 10.1. The van der Waals surface area contributed by atoms with E-state index in [0.29, 0.717) is 23.5 Å². The molecule has 148 valence electrons. The van der Waals surface area contributed by atoms with Crippen molar-refractivity contribution in [2.75, 3.05) is 22.1 Å². The van der Waals surface area contributed by atoms with E-state index in [2.05, 4.69) is 10.6 Å². The molecule has 0 unspecified atom stereocenters. The largest absolute Gasteiger partial charge is 0.326 e. The molecule has 0 aromatic heterocycles. The highest BCUT2D eigenvalue weighted by molar-refractivity contribution is 7.99. The molecule has 1 heterocycles. The Hall–Kier alpha value is -2.32. The Morgan fingerprint density at radius 2 is 1.93 bits per heavy atom. The number of hydrogen-bond acceptors (Lipinski definition) is 5. The smallest absolute Gasteiger partial charge is 0.225 e. The Morgan fingerprint density at radius 3 is 2.64 bits per heavy atom. The summed E-state index contributed by atoms with van der Waals surface area (Å²) in [7, 11) is -3.64. The molecule has 2 N–H and O–H groups in total. The second-order valence-corrected chi connectivity index (χ2v) is 9.72. The van der Waals surface area contributed by atoms with Gasteiger partial charge in [-0.15, -0.1) is 11.8 Å². The predicted molar refractivity (Wildman–Crippen MR) is 112 cm³/mol. The molecule has 0 saturated carbocycles. The van der Waals surface area contributed by atoms with Crippen LogP contribution in [0, 0.1) is 0 Å². The average molecular weight is 419 g/mol. The number of benzene rings is 2. The third-order valence-electron chi connectivity index (χ3n) is 4.41. The molecule has 0 radical (unpaired) electrons. The minimum absolute atomic E-state index is 0.106. The van der Waals surface area contributed by atoms with E-state index in [0.717, 1.165) is 16.9 Å². The van der Waals surface area contributed by atoms with Gasteiger partial charge >= 0.3 is 0 Å². The summed E-state index contributed by atoms with van der Waals surface area (Å²) in [6.07, 6.45) is 1.16. The fraction of sp³-hybridized carbons (Fsp3) is 0.300. The molecule has 2 amide bonds. The number of carbonyl (C=O) groups excluding carboxylic acids is 2. The highest BCUT2D eigenvalue weighted by atomic mass is 32.2. The zero-order chi connectivity index (χ0) is 20.1.